The van der Waals surface area contributed by atoms with Crippen molar-refractivity contribution < 1.29 is 0 Å². The number of rotatable bonds is 5. The second-order valence-corrected chi connectivity index (χ2v) is 13.0. The smallest absolute Gasteiger partial charge is 0.161 e. The second kappa shape index (κ2) is 12.2. The van der Waals surface area contributed by atoms with Gasteiger partial charge < -0.3 is 0 Å². The molecule has 232 valence electrons. The number of aromatic nitrogens is 2. The summed E-state index contributed by atoms with van der Waals surface area (Å²) in [5, 5.41) is 7.67. The van der Waals surface area contributed by atoms with Gasteiger partial charge in [0, 0.05) is 11.1 Å². The lowest BCUT2D eigenvalue weighted by Gasteiger charge is -2.18. The van der Waals surface area contributed by atoms with Gasteiger partial charge in [-0.2, -0.15) is 0 Å². The van der Waals surface area contributed by atoms with Gasteiger partial charge in [0.2, 0.25) is 0 Å². The zero-order valence-electron chi connectivity index (χ0n) is 27.3. The summed E-state index contributed by atoms with van der Waals surface area (Å²) in [6.07, 6.45) is 7.58. The minimum Gasteiger partial charge on any atom is -0.228 e. The van der Waals surface area contributed by atoms with Crippen molar-refractivity contribution in [2.24, 2.45) is 5.92 Å². The van der Waals surface area contributed by atoms with Gasteiger partial charge in [0.1, 0.15) is 0 Å². The van der Waals surface area contributed by atoms with E-state index in [2.05, 4.69) is 171 Å². The molecule has 1 atom stereocenters. The lowest BCUT2D eigenvalue weighted by Crippen LogP contribution is -2.03. The molecule has 1 aliphatic carbocycles. The average Bonchev–Trinajstić information content (AvgIpc) is 3.18. The highest BCUT2D eigenvalue weighted by atomic mass is 14.9. The van der Waals surface area contributed by atoms with E-state index in [0.717, 1.165) is 45.9 Å². The lowest BCUT2D eigenvalue weighted by molar-refractivity contribution is 0.746. The largest absolute Gasteiger partial charge is 0.228 e. The predicted molar refractivity (Wildman–Crippen MR) is 207 cm³/mol. The SMILES string of the molecule is CC1C=CC=C(c2cc(-c3ccccc3)nc(-c3ccccc3-c3ccccc3-c3ccc4c5ccccc5c5ccccc5c4c3)n2)C1. The molecular formula is C47H34N2. The molecule has 1 aromatic heterocycles. The lowest BCUT2D eigenvalue weighted by atomic mass is 9.88. The molecule has 49 heavy (non-hydrogen) atoms. The molecule has 0 fully saturated rings. The molecule has 0 saturated carbocycles. The molecule has 0 bridgehead atoms. The zero-order chi connectivity index (χ0) is 32.7. The molecule has 0 N–H and O–H groups in total. The fourth-order valence-corrected chi connectivity index (χ4v) is 7.48. The van der Waals surface area contributed by atoms with Crippen molar-refractivity contribution in [3.8, 4) is 44.9 Å². The Morgan fingerprint density at radius 2 is 0.980 bits per heavy atom. The molecule has 0 saturated heterocycles. The van der Waals surface area contributed by atoms with Crippen LogP contribution in [-0.2, 0) is 0 Å². The van der Waals surface area contributed by atoms with Gasteiger partial charge in [-0.3, -0.25) is 0 Å². The summed E-state index contributed by atoms with van der Waals surface area (Å²) in [5.41, 5.74) is 9.90. The molecule has 0 radical (unpaired) electrons. The Hall–Kier alpha value is -6.12. The third-order valence-electron chi connectivity index (χ3n) is 9.84. The fourth-order valence-electron chi connectivity index (χ4n) is 7.48. The van der Waals surface area contributed by atoms with Crippen molar-refractivity contribution >= 4 is 37.9 Å². The van der Waals surface area contributed by atoms with Gasteiger partial charge in [-0.1, -0.05) is 165 Å². The Bertz CT molecular complexity index is 2560. The standard InChI is InChI=1S/C47H34N2/c1-31-14-13-17-34(28-31)46-30-45(32-15-3-2-4-16-32)48-47(49-46)43-25-12-11-23-40(43)36-19-6-5-18-35(36)33-26-27-42-39-22-8-7-20-37(39)38-21-9-10-24-41(38)44(42)29-33/h2-27,29-31H,28H2,1H3. The number of allylic oxidation sites excluding steroid dienone is 4. The molecule has 0 aliphatic heterocycles. The van der Waals surface area contributed by atoms with Crippen LogP contribution >= 0.6 is 0 Å². The van der Waals surface area contributed by atoms with Crippen LogP contribution in [0, 0.1) is 5.92 Å². The normalized spacial score (nSPS) is 14.4. The molecule has 9 rings (SSSR count). The van der Waals surface area contributed by atoms with E-state index in [0.29, 0.717) is 5.92 Å². The van der Waals surface area contributed by atoms with Gasteiger partial charge in [-0.05, 0) is 84.6 Å². The van der Waals surface area contributed by atoms with Crippen molar-refractivity contribution in [3.63, 3.8) is 0 Å². The van der Waals surface area contributed by atoms with Gasteiger partial charge in [-0.15, -0.1) is 0 Å². The van der Waals surface area contributed by atoms with Crippen molar-refractivity contribution in [3.05, 3.63) is 176 Å². The van der Waals surface area contributed by atoms with E-state index in [9.17, 15) is 0 Å². The molecular weight excluding hydrogens is 593 g/mol. The average molecular weight is 627 g/mol. The summed E-state index contributed by atoms with van der Waals surface area (Å²) in [6.45, 7) is 2.26. The van der Waals surface area contributed by atoms with Gasteiger partial charge in [0.15, 0.2) is 5.82 Å². The van der Waals surface area contributed by atoms with E-state index in [1.54, 1.807) is 0 Å². The first-order valence-corrected chi connectivity index (χ1v) is 17.1. The van der Waals surface area contributed by atoms with Crippen LogP contribution in [0.4, 0.5) is 0 Å². The maximum atomic E-state index is 5.27. The molecule has 1 unspecified atom stereocenters. The van der Waals surface area contributed by atoms with E-state index >= 15 is 0 Å². The summed E-state index contributed by atoms with van der Waals surface area (Å²) in [5.74, 6) is 1.20. The minimum atomic E-state index is 0.467. The third-order valence-corrected chi connectivity index (χ3v) is 9.84. The number of nitrogens with zero attached hydrogens (tertiary/aromatic N) is 2. The first-order chi connectivity index (χ1) is 24.2. The van der Waals surface area contributed by atoms with Crippen molar-refractivity contribution in [1.29, 1.82) is 0 Å². The van der Waals surface area contributed by atoms with E-state index in [1.807, 2.05) is 6.07 Å². The Balaban J connectivity index is 1.24. The van der Waals surface area contributed by atoms with Crippen molar-refractivity contribution in [1.82, 2.24) is 9.97 Å². The second-order valence-electron chi connectivity index (χ2n) is 13.0. The summed E-state index contributed by atoms with van der Waals surface area (Å²) in [4.78, 5) is 10.5. The van der Waals surface area contributed by atoms with E-state index in [1.165, 1.54) is 49.0 Å². The molecule has 8 aromatic rings. The number of benzene rings is 7. The number of fused-ring (bicyclic) bond motifs is 6. The van der Waals surface area contributed by atoms with E-state index in [-0.39, 0.29) is 0 Å². The van der Waals surface area contributed by atoms with Crippen LogP contribution < -0.4 is 0 Å². The monoisotopic (exact) mass is 626 g/mol. The van der Waals surface area contributed by atoms with Gasteiger partial charge >= 0.3 is 0 Å². The quantitative estimate of drug-likeness (QED) is 0.178. The van der Waals surface area contributed by atoms with Crippen LogP contribution in [0.25, 0.3) is 82.8 Å². The number of hydrogen-bond donors (Lipinski definition) is 0. The zero-order valence-corrected chi connectivity index (χ0v) is 27.3. The van der Waals surface area contributed by atoms with Gasteiger partial charge in [0.05, 0.1) is 11.4 Å². The number of hydrogen-bond acceptors (Lipinski definition) is 2. The maximum absolute atomic E-state index is 5.27. The Morgan fingerprint density at radius 1 is 0.449 bits per heavy atom. The van der Waals surface area contributed by atoms with Crippen molar-refractivity contribution in [2.75, 3.05) is 0 Å². The van der Waals surface area contributed by atoms with Crippen LogP contribution in [0.1, 0.15) is 19.0 Å². The van der Waals surface area contributed by atoms with Gasteiger partial charge in [0.25, 0.3) is 0 Å². The van der Waals surface area contributed by atoms with Crippen molar-refractivity contribution in [2.45, 2.75) is 13.3 Å². The highest BCUT2D eigenvalue weighted by Gasteiger charge is 2.19. The van der Waals surface area contributed by atoms with E-state index in [4.69, 9.17) is 9.97 Å². The minimum absolute atomic E-state index is 0.467. The summed E-state index contributed by atoms with van der Waals surface area (Å²) >= 11 is 0. The highest BCUT2D eigenvalue weighted by molar-refractivity contribution is 6.25. The molecule has 1 aliphatic rings. The van der Waals surface area contributed by atoms with Crippen LogP contribution in [0.3, 0.4) is 0 Å². The van der Waals surface area contributed by atoms with Gasteiger partial charge in [-0.25, -0.2) is 9.97 Å². The Morgan fingerprint density at radius 3 is 1.65 bits per heavy atom. The first-order valence-electron chi connectivity index (χ1n) is 17.1. The van der Waals surface area contributed by atoms with Crippen LogP contribution in [0.2, 0.25) is 0 Å². The molecule has 7 aromatic carbocycles. The maximum Gasteiger partial charge on any atom is 0.161 e. The Kier molecular flexibility index (Phi) is 7.21. The first kappa shape index (κ1) is 29.1. The molecule has 0 amide bonds. The fraction of sp³-hybridized carbons (Fsp3) is 0.0638. The molecule has 2 heteroatoms. The Labute approximate surface area is 286 Å². The molecule has 1 heterocycles. The molecule has 2 nitrogen and oxygen atoms in total. The topological polar surface area (TPSA) is 25.8 Å². The summed E-state index contributed by atoms with van der Waals surface area (Å²) in [7, 11) is 0. The van der Waals surface area contributed by atoms with E-state index < -0.39 is 0 Å². The summed E-state index contributed by atoms with van der Waals surface area (Å²) < 4.78 is 0. The van der Waals surface area contributed by atoms with Crippen LogP contribution in [-0.4, -0.2) is 9.97 Å². The third kappa shape index (κ3) is 5.23. The molecule has 0 spiro atoms. The van der Waals surface area contributed by atoms with Crippen LogP contribution in [0.15, 0.2) is 170 Å². The van der Waals surface area contributed by atoms with Crippen LogP contribution in [0.5, 0.6) is 0 Å². The highest BCUT2D eigenvalue weighted by Crippen LogP contribution is 2.41. The predicted octanol–water partition coefficient (Wildman–Crippen LogP) is 12.6. The summed E-state index contributed by atoms with van der Waals surface area (Å²) in [6, 6.07) is 54.4.